The van der Waals surface area contributed by atoms with Crippen molar-refractivity contribution >= 4 is 11.9 Å². The van der Waals surface area contributed by atoms with Crippen molar-refractivity contribution in [3.8, 4) is 0 Å². The van der Waals surface area contributed by atoms with E-state index in [4.69, 9.17) is 10.2 Å². The molecule has 0 aliphatic heterocycles. The van der Waals surface area contributed by atoms with Gasteiger partial charge in [0.25, 0.3) is 5.54 Å². The van der Waals surface area contributed by atoms with Crippen molar-refractivity contribution in [1.82, 2.24) is 0 Å². The van der Waals surface area contributed by atoms with E-state index in [0.717, 1.165) is 0 Å². The highest BCUT2D eigenvalue weighted by molar-refractivity contribution is 6.01. The zero-order valence-corrected chi connectivity index (χ0v) is 8.37. The van der Waals surface area contributed by atoms with E-state index in [-0.39, 0.29) is 10.9 Å². The van der Waals surface area contributed by atoms with Crippen LogP contribution in [0.2, 0.25) is 0 Å². The second-order valence-electron chi connectivity index (χ2n) is 3.84. The second kappa shape index (κ2) is 3.33. The summed E-state index contributed by atoms with van der Waals surface area (Å²) in [5, 5.41) is 17.9. The number of hydrogen-bond donors (Lipinski definition) is 2. The van der Waals surface area contributed by atoms with Crippen LogP contribution in [0.15, 0.2) is 0 Å². The lowest BCUT2D eigenvalue weighted by atomic mass is 9.93. The molecule has 0 radical (unpaired) electrons. The van der Waals surface area contributed by atoms with Gasteiger partial charge in [0.15, 0.2) is 0 Å². The van der Waals surface area contributed by atoms with Crippen LogP contribution in [0.5, 0.6) is 0 Å². The summed E-state index contributed by atoms with van der Waals surface area (Å²) in [6.07, 6.45) is 0.0567. The normalized spacial score (nSPS) is 12.6. The van der Waals surface area contributed by atoms with E-state index < -0.39 is 17.5 Å². The van der Waals surface area contributed by atoms with Crippen molar-refractivity contribution in [2.45, 2.75) is 18.9 Å². The first-order valence-corrected chi connectivity index (χ1v) is 3.98. The molecule has 0 rings (SSSR count). The Kier molecular flexibility index (Phi) is 3.05. The molecule has 2 N–H and O–H groups in total. The first-order valence-electron chi connectivity index (χ1n) is 3.98. The number of carboxylic acid groups (broad SMARTS) is 2. The first-order chi connectivity index (χ1) is 5.70. The van der Waals surface area contributed by atoms with Crippen molar-refractivity contribution in [3.05, 3.63) is 0 Å². The summed E-state index contributed by atoms with van der Waals surface area (Å²) in [6.45, 7) is 1.56. The minimum atomic E-state index is -1.75. The number of nitrogens with zero attached hydrogens (tertiary/aromatic N) is 1. The summed E-state index contributed by atoms with van der Waals surface area (Å²) < 4.78 is -0.131. The molecule has 0 aliphatic carbocycles. The van der Waals surface area contributed by atoms with Gasteiger partial charge in [0.2, 0.25) is 0 Å². The predicted molar refractivity (Wildman–Crippen MR) is 46.3 cm³/mol. The van der Waals surface area contributed by atoms with E-state index in [1.165, 1.54) is 0 Å². The number of likely N-dealkylation sites (N-methyl/N-ethyl adjacent to an activating group) is 1. The van der Waals surface area contributed by atoms with Crippen LogP contribution in [0.25, 0.3) is 0 Å². The molecule has 0 bridgehead atoms. The molecule has 0 aromatic carbocycles. The first kappa shape index (κ1) is 11.9. The van der Waals surface area contributed by atoms with Crippen LogP contribution in [-0.4, -0.2) is 53.3 Å². The predicted octanol–water partition coefficient (Wildman–Crippen LogP) is 0.0106. The molecular formula is C8H16NO4+. The Hall–Kier alpha value is -1.10. The molecule has 0 saturated carbocycles. The molecule has 0 atom stereocenters. The van der Waals surface area contributed by atoms with Gasteiger partial charge in [-0.15, -0.1) is 0 Å². The maximum atomic E-state index is 10.9. The Bertz CT molecular complexity index is 215. The van der Waals surface area contributed by atoms with Gasteiger partial charge in [-0.3, -0.25) is 0 Å². The third-order valence-corrected chi connectivity index (χ3v) is 2.36. The molecule has 0 heterocycles. The summed E-state index contributed by atoms with van der Waals surface area (Å²) >= 11 is 0. The van der Waals surface area contributed by atoms with E-state index in [1.807, 2.05) is 0 Å². The zero-order chi connectivity index (χ0) is 10.9. The third kappa shape index (κ3) is 1.65. The average Bonchev–Trinajstić information content (AvgIpc) is 1.83. The molecular weight excluding hydrogens is 174 g/mol. The summed E-state index contributed by atoms with van der Waals surface area (Å²) in [4.78, 5) is 21.9. The largest absolute Gasteiger partial charge is 0.476 e. The molecule has 0 fully saturated rings. The minimum absolute atomic E-state index is 0.0567. The maximum absolute atomic E-state index is 10.9. The lowest BCUT2D eigenvalue weighted by Crippen LogP contribution is -2.66. The van der Waals surface area contributed by atoms with E-state index in [2.05, 4.69) is 0 Å². The number of aliphatic carboxylic acids is 2. The van der Waals surface area contributed by atoms with E-state index in [9.17, 15) is 9.59 Å². The van der Waals surface area contributed by atoms with Crippen molar-refractivity contribution in [2.24, 2.45) is 0 Å². The fourth-order valence-electron chi connectivity index (χ4n) is 1.44. The van der Waals surface area contributed by atoms with Crippen LogP contribution < -0.4 is 0 Å². The lowest BCUT2D eigenvalue weighted by Gasteiger charge is -2.38. The van der Waals surface area contributed by atoms with Crippen LogP contribution in [-0.2, 0) is 9.59 Å². The summed E-state index contributed by atoms with van der Waals surface area (Å²) in [7, 11) is 4.68. The zero-order valence-electron chi connectivity index (χ0n) is 8.37. The highest BCUT2D eigenvalue weighted by Gasteiger charge is 2.56. The van der Waals surface area contributed by atoms with Crippen LogP contribution in [0, 0.1) is 0 Å². The fraction of sp³-hybridized carbons (Fsp3) is 0.750. The summed E-state index contributed by atoms with van der Waals surface area (Å²) in [6, 6.07) is 0. The minimum Gasteiger partial charge on any atom is -0.476 e. The Morgan fingerprint density at radius 2 is 1.46 bits per heavy atom. The summed E-state index contributed by atoms with van der Waals surface area (Å²) in [5.41, 5.74) is -1.75. The number of rotatable bonds is 4. The highest BCUT2D eigenvalue weighted by Crippen LogP contribution is 2.23. The van der Waals surface area contributed by atoms with E-state index in [1.54, 1.807) is 28.1 Å². The standard InChI is InChI=1S/C8H15NO4/c1-5-8(6(10)11,7(12)13)9(2,3)4/h5H2,1-4H3,(H-,10,11,12,13)/p+1. The van der Waals surface area contributed by atoms with Gasteiger partial charge in [-0.1, -0.05) is 6.92 Å². The monoisotopic (exact) mass is 190 g/mol. The molecule has 76 valence electrons. The van der Waals surface area contributed by atoms with Gasteiger partial charge in [0.1, 0.15) is 0 Å². The molecule has 0 amide bonds. The SMILES string of the molecule is CCC(C(=O)O)(C(=O)O)[N+](C)(C)C. The van der Waals surface area contributed by atoms with Crippen LogP contribution in [0.4, 0.5) is 0 Å². The number of quaternary nitrogens is 1. The van der Waals surface area contributed by atoms with Gasteiger partial charge in [-0.2, -0.15) is 0 Å². The van der Waals surface area contributed by atoms with Gasteiger partial charge in [0, 0.05) is 6.42 Å². The fourth-order valence-corrected chi connectivity index (χ4v) is 1.44. The quantitative estimate of drug-likeness (QED) is 0.483. The van der Waals surface area contributed by atoms with Crippen LogP contribution >= 0.6 is 0 Å². The molecule has 0 unspecified atom stereocenters. The summed E-state index contributed by atoms with van der Waals surface area (Å²) in [5.74, 6) is -2.59. The van der Waals surface area contributed by atoms with Crippen molar-refractivity contribution < 1.29 is 24.3 Å². The maximum Gasteiger partial charge on any atom is 0.377 e. The Morgan fingerprint density at radius 1 is 1.15 bits per heavy atom. The topological polar surface area (TPSA) is 74.6 Å². The van der Waals surface area contributed by atoms with Crippen molar-refractivity contribution in [1.29, 1.82) is 0 Å². The average molecular weight is 190 g/mol. The molecule has 0 saturated heterocycles. The molecule has 5 heteroatoms. The van der Waals surface area contributed by atoms with Crippen LogP contribution in [0.3, 0.4) is 0 Å². The smallest absolute Gasteiger partial charge is 0.377 e. The molecule has 0 aromatic rings. The Labute approximate surface area is 77.2 Å². The third-order valence-electron chi connectivity index (χ3n) is 2.36. The van der Waals surface area contributed by atoms with Gasteiger partial charge in [0.05, 0.1) is 21.1 Å². The molecule has 13 heavy (non-hydrogen) atoms. The van der Waals surface area contributed by atoms with Gasteiger partial charge >= 0.3 is 11.9 Å². The van der Waals surface area contributed by atoms with Crippen molar-refractivity contribution in [2.75, 3.05) is 21.1 Å². The van der Waals surface area contributed by atoms with Crippen LogP contribution in [0.1, 0.15) is 13.3 Å². The molecule has 5 nitrogen and oxygen atoms in total. The number of hydrogen-bond acceptors (Lipinski definition) is 2. The second-order valence-corrected chi connectivity index (χ2v) is 3.84. The highest BCUT2D eigenvalue weighted by atomic mass is 16.4. The Morgan fingerprint density at radius 3 is 1.46 bits per heavy atom. The Balaban J connectivity index is 5.38. The van der Waals surface area contributed by atoms with E-state index in [0.29, 0.717) is 0 Å². The van der Waals surface area contributed by atoms with Crippen molar-refractivity contribution in [3.63, 3.8) is 0 Å². The molecule has 0 aliphatic rings. The van der Waals surface area contributed by atoms with Gasteiger partial charge < -0.3 is 14.7 Å². The molecule has 0 aromatic heterocycles. The lowest BCUT2D eigenvalue weighted by molar-refractivity contribution is -0.904. The van der Waals surface area contributed by atoms with Gasteiger partial charge in [-0.25, -0.2) is 9.59 Å². The van der Waals surface area contributed by atoms with E-state index >= 15 is 0 Å². The molecule has 0 spiro atoms. The number of carbonyl (C=O) groups is 2. The number of carboxylic acids is 2. The van der Waals surface area contributed by atoms with Gasteiger partial charge in [-0.05, 0) is 0 Å².